The molecule has 50 heavy (non-hydrogen) atoms. The molecule has 0 atom stereocenters. The van der Waals surface area contributed by atoms with E-state index in [-0.39, 0.29) is 35.1 Å². The summed E-state index contributed by atoms with van der Waals surface area (Å²) in [6.07, 6.45) is 0. The molecular weight excluding hydrogens is 605 g/mol. The largest absolute Gasteiger partial charge is 0.456 e. The van der Waals surface area contributed by atoms with Crippen LogP contribution >= 0.6 is 0 Å². The molecule has 0 bridgehead atoms. The first-order valence-electron chi connectivity index (χ1n) is 19.6. The Hall–Kier alpha value is -6.18. The summed E-state index contributed by atoms with van der Waals surface area (Å²) in [5, 5.41) is 8.94. The summed E-state index contributed by atoms with van der Waals surface area (Å²) in [5.74, 6) is 0. The average molecular weight is 642 g/mol. The molecule has 0 spiro atoms. The fraction of sp³-hybridized carbons (Fsp3) is 0.0612. The van der Waals surface area contributed by atoms with E-state index in [0.717, 1.165) is 32.9 Å². The second kappa shape index (κ2) is 9.94. The van der Waals surface area contributed by atoms with E-state index in [1.165, 1.54) is 60.3 Å². The minimum absolute atomic E-state index is 0.145. The van der Waals surface area contributed by atoms with Gasteiger partial charge < -0.3 is 4.42 Å². The Morgan fingerprint density at radius 2 is 1.08 bits per heavy atom. The third-order valence-corrected chi connectivity index (χ3v) is 11.1. The van der Waals surface area contributed by atoms with Crippen molar-refractivity contribution in [3.05, 3.63) is 169 Å². The minimum Gasteiger partial charge on any atom is -0.456 e. The highest BCUT2D eigenvalue weighted by molar-refractivity contribution is 6.29. The summed E-state index contributed by atoms with van der Waals surface area (Å²) in [6.45, 7) is 4.69. The van der Waals surface area contributed by atoms with E-state index >= 15 is 0 Å². The zero-order valence-corrected chi connectivity index (χ0v) is 27.5. The van der Waals surface area contributed by atoms with Crippen LogP contribution in [0.2, 0.25) is 0 Å². The first kappa shape index (κ1) is 23.2. The number of benzene rings is 9. The normalized spacial score (nSPS) is 15.0. The lowest BCUT2D eigenvalue weighted by Gasteiger charge is -2.25. The van der Waals surface area contributed by atoms with Crippen LogP contribution in [-0.4, -0.2) is 0 Å². The second-order valence-electron chi connectivity index (χ2n) is 14.0. The van der Waals surface area contributed by atoms with Crippen molar-refractivity contribution in [3.63, 3.8) is 0 Å². The van der Waals surface area contributed by atoms with E-state index in [4.69, 9.17) is 11.3 Å². The Balaban J connectivity index is 1.15. The van der Waals surface area contributed by atoms with Gasteiger partial charge in [0.2, 0.25) is 0 Å². The van der Waals surface area contributed by atoms with Crippen LogP contribution in [0.4, 0.5) is 0 Å². The summed E-state index contributed by atoms with van der Waals surface area (Å²) in [4.78, 5) is 0. The molecule has 0 aliphatic heterocycles. The lowest BCUT2D eigenvalue weighted by atomic mass is 9.78. The lowest BCUT2D eigenvalue weighted by Crippen LogP contribution is -2.16. The lowest BCUT2D eigenvalue weighted by molar-refractivity contribution is 0.662. The van der Waals surface area contributed by atoms with E-state index in [1.54, 1.807) is 6.07 Å². The fourth-order valence-corrected chi connectivity index (χ4v) is 8.94. The molecule has 1 heterocycles. The summed E-state index contributed by atoms with van der Waals surface area (Å²) >= 11 is 0. The van der Waals surface area contributed by atoms with Gasteiger partial charge in [0, 0.05) is 16.2 Å². The van der Waals surface area contributed by atoms with Gasteiger partial charge in [0.25, 0.3) is 0 Å². The van der Waals surface area contributed by atoms with Crippen molar-refractivity contribution in [2.75, 3.05) is 0 Å². The van der Waals surface area contributed by atoms with Crippen molar-refractivity contribution >= 4 is 54.3 Å². The van der Waals surface area contributed by atoms with E-state index in [0.29, 0.717) is 11.1 Å². The Morgan fingerprint density at radius 1 is 0.460 bits per heavy atom. The highest BCUT2D eigenvalue weighted by atomic mass is 16.3. The standard InChI is InChI=1S/C49H32O/c1-49(2)42-16-7-6-12-35(42)40-15-8-14-39(48(40)49)34-24-19-31-20-25-37-33(23-18-30-21-26-38(34)46(31)45(30)37)36-13-9-17-44-47(36)41-28-32(22-27-43(41)50-44)29-10-4-3-5-11-29/h3-28H,1-2H3/i3D,4D,5D,10D,11D. The molecule has 0 N–H and O–H groups in total. The first-order chi connectivity index (χ1) is 26.6. The molecule has 1 aliphatic rings. The SMILES string of the molecule is [2H]c1c([2H])c([2H])c(-c2ccc3oc4cccc(-c5ccc6ccc7c(-c8cccc9c8C(C)(C)c8ccccc8-9)ccc8ccc5c6c87)c4c3c2)c([2H])c1[2H]. The number of hydrogen-bond acceptors (Lipinski definition) is 1. The maximum atomic E-state index is 8.64. The summed E-state index contributed by atoms with van der Waals surface area (Å²) in [6, 6.07) is 43.6. The van der Waals surface area contributed by atoms with Crippen molar-refractivity contribution in [1.29, 1.82) is 0 Å². The topological polar surface area (TPSA) is 13.1 Å². The van der Waals surface area contributed by atoms with Crippen molar-refractivity contribution < 1.29 is 11.3 Å². The van der Waals surface area contributed by atoms with Crippen LogP contribution in [0, 0.1) is 0 Å². The van der Waals surface area contributed by atoms with E-state index < -0.39 is 6.04 Å². The fourth-order valence-electron chi connectivity index (χ4n) is 8.94. The highest BCUT2D eigenvalue weighted by Crippen LogP contribution is 2.53. The Labute approximate surface area is 297 Å². The molecule has 11 rings (SSSR count). The molecule has 0 saturated heterocycles. The van der Waals surface area contributed by atoms with E-state index in [1.807, 2.05) is 24.3 Å². The van der Waals surface area contributed by atoms with Crippen LogP contribution in [0.15, 0.2) is 162 Å². The van der Waals surface area contributed by atoms with Gasteiger partial charge in [-0.2, -0.15) is 0 Å². The zero-order chi connectivity index (χ0) is 37.5. The molecule has 234 valence electrons. The Bertz CT molecular complexity index is 3270. The molecule has 1 aliphatic carbocycles. The smallest absolute Gasteiger partial charge is 0.136 e. The number of furan rings is 1. The molecule has 0 unspecified atom stereocenters. The van der Waals surface area contributed by atoms with Crippen LogP contribution in [0.1, 0.15) is 31.8 Å². The van der Waals surface area contributed by atoms with Gasteiger partial charge in [-0.3, -0.25) is 0 Å². The molecule has 1 heteroatoms. The molecule has 1 nitrogen and oxygen atoms in total. The minimum atomic E-state index is -0.404. The molecule has 0 fully saturated rings. The van der Waals surface area contributed by atoms with Crippen LogP contribution in [0.5, 0.6) is 0 Å². The zero-order valence-electron chi connectivity index (χ0n) is 32.5. The van der Waals surface area contributed by atoms with Crippen LogP contribution in [0.25, 0.3) is 98.8 Å². The maximum Gasteiger partial charge on any atom is 0.136 e. The van der Waals surface area contributed by atoms with E-state index in [9.17, 15) is 0 Å². The third kappa shape index (κ3) is 3.67. The van der Waals surface area contributed by atoms with Crippen molar-refractivity contribution in [2.45, 2.75) is 19.3 Å². The van der Waals surface area contributed by atoms with Gasteiger partial charge in [-0.05, 0) is 106 Å². The van der Waals surface area contributed by atoms with Crippen molar-refractivity contribution in [2.24, 2.45) is 0 Å². The van der Waals surface area contributed by atoms with Crippen molar-refractivity contribution in [1.82, 2.24) is 0 Å². The van der Waals surface area contributed by atoms with Gasteiger partial charge in [-0.15, -0.1) is 0 Å². The van der Waals surface area contributed by atoms with Crippen LogP contribution < -0.4 is 0 Å². The van der Waals surface area contributed by atoms with Crippen molar-refractivity contribution in [3.8, 4) is 44.5 Å². The average Bonchev–Trinajstić information content (AvgIpc) is 3.70. The van der Waals surface area contributed by atoms with Crippen LogP contribution in [0.3, 0.4) is 0 Å². The molecule has 1 aromatic heterocycles. The highest BCUT2D eigenvalue weighted by Gasteiger charge is 2.37. The maximum absolute atomic E-state index is 8.64. The number of fused-ring (bicyclic) bond motifs is 6. The number of hydrogen-bond donors (Lipinski definition) is 0. The third-order valence-electron chi connectivity index (χ3n) is 11.1. The molecular formula is C49H32O. The van der Waals surface area contributed by atoms with Crippen LogP contribution in [-0.2, 0) is 5.41 Å². The van der Waals surface area contributed by atoms with Gasteiger partial charge >= 0.3 is 0 Å². The number of rotatable bonds is 3. The predicted octanol–water partition coefficient (Wildman–Crippen LogP) is 13.8. The van der Waals surface area contributed by atoms with Gasteiger partial charge in [0.1, 0.15) is 11.2 Å². The Kier molecular flexibility index (Phi) is 4.61. The molecule has 9 aromatic carbocycles. The quantitative estimate of drug-likeness (QED) is 0.175. The monoisotopic (exact) mass is 641 g/mol. The van der Waals surface area contributed by atoms with Gasteiger partial charge in [-0.1, -0.05) is 153 Å². The summed E-state index contributed by atoms with van der Waals surface area (Å²) in [7, 11) is 0. The van der Waals surface area contributed by atoms with Gasteiger partial charge in [0.15, 0.2) is 0 Å². The summed E-state index contributed by atoms with van der Waals surface area (Å²) in [5.41, 5.74) is 11.9. The molecule has 0 saturated carbocycles. The Morgan fingerprint density at radius 3 is 1.84 bits per heavy atom. The summed E-state index contributed by atoms with van der Waals surface area (Å²) < 4.78 is 48.3. The van der Waals surface area contributed by atoms with Gasteiger partial charge in [-0.25, -0.2) is 0 Å². The molecule has 0 amide bonds. The first-order valence-corrected chi connectivity index (χ1v) is 17.1. The van der Waals surface area contributed by atoms with E-state index in [2.05, 4.69) is 111 Å². The predicted molar refractivity (Wildman–Crippen MR) is 211 cm³/mol. The van der Waals surface area contributed by atoms with Gasteiger partial charge in [0.05, 0.1) is 6.85 Å². The molecule has 0 radical (unpaired) electrons. The second-order valence-corrected chi connectivity index (χ2v) is 14.0. The molecule has 10 aromatic rings.